The molecule has 0 heterocycles. The quantitative estimate of drug-likeness (QED) is 0.683. The van der Waals surface area contributed by atoms with E-state index in [0.29, 0.717) is 24.7 Å². The zero-order valence-electron chi connectivity index (χ0n) is 14.4. The largest absolute Gasteiger partial charge is 0.493 e. The van der Waals surface area contributed by atoms with Crippen LogP contribution in [0, 0.1) is 5.82 Å². The minimum absolute atomic E-state index is 0.0837. The van der Waals surface area contributed by atoms with Gasteiger partial charge in [0.2, 0.25) is 5.91 Å². The molecule has 0 aromatic heterocycles. The van der Waals surface area contributed by atoms with E-state index in [-0.39, 0.29) is 17.5 Å². The Morgan fingerprint density at radius 2 is 1.92 bits per heavy atom. The Morgan fingerprint density at radius 3 is 2.60 bits per heavy atom. The van der Waals surface area contributed by atoms with Crippen LogP contribution >= 0.6 is 11.8 Å². The van der Waals surface area contributed by atoms with Crippen molar-refractivity contribution in [2.75, 3.05) is 19.5 Å². The fraction of sp³-hybridized carbons (Fsp3) is 0.316. The van der Waals surface area contributed by atoms with E-state index in [9.17, 15) is 9.18 Å². The highest BCUT2D eigenvalue weighted by molar-refractivity contribution is 8.00. The lowest BCUT2D eigenvalue weighted by Crippen LogP contribution is -2.24. The van der Waals surface area contributed by atoms with Crippen molar-refractivity contribution in [3.8, 4) is 11.5 Å². The molecule has 0 saturated heterocycles. The van der Waals surface area contributed by atoms with Crippen LogP contribution in [0.15, 0.2) is 47.4 Å². The first-order chi connectivity index (χ1) is 12.1. The predicted molar refractivity (Wildman–Crippen MR) is 97.8 cm³/mol. The van der Waals surface area contributed by atoms with Gasteiger partial charge in [0.05, 0.1) is 19.5 Å². The lowest BCUT2D eigenvalue weighted by molar-refractivity contribution is -0.118. The lowest BCUT2D eigenvalue weighted by atomic mass is 10.2. The average molecular weight is 363 g/mol. The van der Waals surface area contributed by atoms with Crippen molar-refractivity contribution in [2.45, 2.75) is 24.8 Å². The minimum Gasteiger partial charge on any atom is -0.493 e. The fourth-order valence-electron chi connectivity index (χ4n) is 2.08. The first kappa shape index (κ1) is 19.1. The summed E-state index contributed by atoms with van der Waals surface area (Å²) in [5.41, 5.74) is 0.931. The first-order valence-corrected chi connectivity index (χ1v) is 9.05. The monoisotopic (exact) mass is 363 g/mol. The molecule has 134 valence electrons. The molecule has 25 heavy (non-hydrogen) atoms. The molecule has 0 unspecified atom stereocenters. The molecule has 0 aliphatic carbocycles. The molecule has 0 fully saturated rings. The molecule has 1 N–H and O–H groups in total. The third-order valence-corrected chi connectivity index (χ3v) is 4.38. The number of amides is 1. The van der Waals surface area contributed by atoms with E-state index in [1.807, 2.05) is 25.1 Å². The number of hydrogen-bond donors (Lipinski definition) is 1. The third kappa shape index (κ3) is 6.31. The van der Waals surface area contributed by atoms with Gasteiger partial charge in [-0.2, -0.15) is 0 Å². The van der Waals surface area contributed by atoms with Crippen LogP contribution in [0.1, 0.15) is 18.9 Å². The number of hydrogen-bond acceptors (Lipinski definition) is 4. The van der Waals surface area contributed by atoms with Gasteiger partial charge >= 0.3 is 0 Å². The van der Waals surface area contributed by atoms with Crippen LogP contribution in [0.2, 0.25) is 0 Å². The Balaban J connectivity index is 1.83. The molecule has 2 aromatic carbocycles. The Morgan fingerprint density at radius 1 is 1.16 bits per heavy atom. The van der Waals surface area contributed by atoms with Crippen LogP contribution in [0.5, 0.6) is 11.5 Å². The maximum Gasteiger partial charge on any atom is 0.230 e. The average Bonchev–Trinajstić information content (AvgIpc) is 2.64. The highest BCUT2D eigenvalue weighted by Crippen LogP contribution is 2.28. The van der Waals surface area contributed by atoms with Gasteiger partial charge in [0, 0.05) is 11.4 Å². The van der Waals surface area contributed by atoms with E-state index in [0.717, 1.165) is 16.9 Å². The van der Waals surface area contributed by atoms with Crippen molar-refractivity contribution >= 4 is 17.7 Å². The number of methoxy groups -OCH3 is 1. The van der Waals surface area contributed by atoms with Gasteiger partial charge in [0.15, 0.2) is 11.5 Å². The number of ether oxygens (including phenoxy) is 2. The molecule has 0 bridgehead atoms. The normalized spacial score (nSPS) is 10.4. The van der Waals surface area contributed by atoms with Crippen molar-refractivity contribution in [3.63, 3.8) is 0 Å². The van der Waals surface area contributed by atoms with Crippen molar-refractivity contribution in [3.05, 3.63) is 53.8 Å². The van der Waals surface area contributed by atoms with E-state index < -0.39 is 0 Å². The predicted octanol–water partition coefficient (Wildman–Crippen LogP) is 4.03. The van der Waals surface area contributed by atoms with Crippen LogP contribution in [0.3, 0.4) is 0 Å². The topological polar surface area (TPSA) is 47.6 Å². The number of rotatable bonds is 9. The van der Waals surface area contributed by atoms with Crippen LogP contribution in [-0.4, -0.2) is 25.4 Å². The summed E-state index contributed by atoms with van der Waals surface area (Å²) in [6.07, 6.45) is 0.923. The van der Waals surface area contributed by atoms with Gasteiger partial charge in [0.25, 0.3) is 0 Å². The number of thioether (sulfide) groups is 1. The van der Waals surface area contributed by atoms with E-state index >= 15 is 0 Å². The molecule has 4 nitrogen and oxygen atoms in total. The molecule has 0 aliphatic rings. The number of benzene rings is 2. The summed E-state index contributed by atoms with van der Waals surface area (Å²) < 4.78 is 23.8. The van der Waals surface area contributed by atoms with Crippen LogP contribution in [-0.2, 0) is 11.3 Å². The molecule has 1 amide bonds. The van der Waals surface area contributed by atoms with Gasteiger partial charge in [-0.1, -0.05) is 13.0 Å². The number of carbonyl (C=O) groups excluding carboxylic acids is 1. The molecule has 0 atom stereocenters. The summed E-state index contributed by atoms with van der Waals surface area (Å²) in [5.74, 6) is 1.27. The molecular formula is C19H22FNO3S. The molecule has 0 spiro atoms. The second-order valence-electron chi connectivity index (χ2n) is 5.35. The van der Waals surface area contributed by atoms with Crippen molar-refractivity contribution in [1.82, 2.24) is 5.32 Å². The second kappa shape index (κ2) is 9.93. The molecule has 0 radical (unpaired) electrons. The summed E-state index contributed by atoms with van der Waals surface area (Å²) in [5, 5.41) is 2.86. The minimum atomic E-state index is -0.283. The standard InChI is InChI=1S/C19H22FNO3S/c1-3-10-24-17-9-4-14(11-18(17)23-2)12-21-19(22)13-25-16-7-5-15(20)6-8-16/h4-9,11H,3,10,12-13H2,1-2H3,(H,21,22). The third-order valence-electron chi connectivity index (χ3n) is 3.36. The molecule has 0 saturated carbocycles. The van der Waals surface area contributed by atoms with Gasteiger partial charge in [-0.15, -0.1) is 11.8 Å². The molecular weight excluding hydrogens is 341 g/mol. The van der Waals surface area contributed by atoms with Crippen LogP contribution in [0.25, 0.3) is 0 Å². The number of halogens is 1. The molecule has 0 aliphatic heterocycles. The Labute approximate surface area is 151 Å². The SMILES string of the molecule is CCCOc1ccc(CNC(=O)CSc2ccc(F)cc2)cc1OC. The highest BCUT2D eigenvalue weighted by Gasteiger charge is 2.07. The van der Waals surface area contributed by atoms with Gasteiger partial charge in [0.1, 0.15) is 5.82 Å². The smallest absolute Gasteiger partial charge is 0.230 e. The van der Waals surface area contributed by atoms with E-state index in [4.69, 9.17) is 9.47 Å². The summed E-state index contributed by atoms with van der Waals surface area (Å²) in [6.45, 7) is 3.08. The molecule has 2 rings (SSSR count). The van der Waals surface area contributed by atoms with Crippen molar-refractivity contribution in [1.29, 1.82) is 0 Å². The summed E-state index contributed by atoms with van der Waals surface area (Å²) >= 11 is 1.37. The van der Waals surface area contributed by atoms with E-state index in [2.05, 4.69) is 5.32 Å². The van der Waals surface area contributed by atoms with E-state index in [1.54, 1.807) is 19.2 Å². The summed E-state index contributed by atoms with van der Waals surface area (Å²) in [6, 6.07) is 11.7. The number of nitrogens with one attached hydrogen (secondary N) is 1. The maximum atomic E-state index is 12.8. The van der Waals surface area contributed by atoms with Gasteiger partial charge < -0.3 is 14.8 Å². The van der Waals surface area contributed by atoms with Crippen LogP contribution in [0.4, 0.5) is 4.39 Å². The molecule has 6 heteroatoms. The highest BCUT2D eigenvalue weighted by atomic mass is 32.2. The lowest BCUT2D eigenvalue weighted by Gasteiger charge is -2.12. The second-order valence-corrected chi connectivity index (χ2v) is 6.40. The Bertz CT molecular complexity index is 692. The Hall–Kier alpha value is -2.21. The van der Waals surface area contributed by atoms with Gasteiger partial charge in [-0.3, -0.25) is 4.79 Å². The first-order valence-electron chi connectivity index (χ1n) is 8.07. The summed E-state index contributed by atoms with van der Waals surface area (Å²) in [7, 11) is 1.59. The zero-order chi connectivity index (χ0) is 18.1. The van der Waals surface area contributed by atoms with E-state index in [1.165, 1.54) is 23.9 Å². The van der Waals surface area contributed by atoms with Crippen molar-refractivity contribution in [2.24, 2.45) is 0 Å². The summed E-state index contributed by atoms with van der Waals surface area (Å²) in [4.78, 5) is 12.8. The van der Waals surface area contributed by atoms with Gasteiger partial charge in [-0.25, -0.2) is 4.39 Å². The van der Waals surface area contributed by atoms with Crippen LogP contribution < -0.4 is 14.8 Å². The zero-order valence-corrected chi connectivity index (χ0v) is 15.2. The number of carbonyl (C=O) groups is 1. The molecule has 2 aromatic rings. The fourth-order valence-corrected chi connectivity index (χ4v) is 2.81. The maximum absolute atomic E-state index is 12.8. The Kier molecular flexibility index (Phi) is 7.60. The van der Waals surface area contributed by atoms with Gasteiger partial charge in [-0.05, 0) is 48.4 Å². The van der Waals surface area contributed by atoms with Crippen molar-refractivity contribution < 1.29 is 18.7 Å².